The summed E-state index contributed by atoms with van der Waals surface area (Å²) in [5.41, 5.74) is -1.23. The fourth-order valence-electron chi connectivity index (χ4n) is 1.52. The molecule has 1 fully saturated rings. The minimum absolute atomic E-state index is 0.0402. The number of fused-ring (bicyclic) bond motifs is 1. The van der Waals surface area contributed by atoms with Crippen molar-refractivity contribution in [2.45, 2.75) is 24.5 Å². The highest BCUT2D eigenvalue weighted by Crippen LogP contribution is 2.33. The van der Waals surface area contributed by atoms with E-state index in [0.29, 0.717) is 0 Å². The van der Waals surface area contributed by atoms with Crippen LogP contribution in [-0.4, -0.2) is 28.6 Å². The van der Waals surface area contributed by atoms with Gasteiger partial charge in [-0.3, -0.25) is 9.59 Å². The van der Waals surface area contributed by atoms with E-state index in [9.17, 15) is 14.7 Å². The minimum atomic E-state index is -1.23. The van der Waals surface area contributed by atoms with Crippen LogP contribution in [0.2, 0.25) is 0 Å². The lowest BCUT2D eigenvalue weighted by Gasteiger charge is -2.25. The molecule has 0 spiro atoms. The second kappa shape index (κ2) is 2.17. The summed E-state index contributed by atoms with van der Waals surface area (Å²) in [6.45, 7) is 0. The molecule has 0 aromatic carbocycles. The summed E-state index contributed by atoms with van der Waals surface area (Å²) in [5, 5.41) is 9.71. The molecule has 2 rings (SSSR count). The molecule has 0 unspecified atom stereocenters. The second-order valence-electron chi connectivity index (χ2n) is 3.15. The fourth-order valence-corrected chi connectivity index (χ4v) is 1.52. The summed E-state index contributed by atoms with van der Waals surface area (Å²) in [6, 6.07) is 0. The normalized spacial score (nSPS) is 39.6. The molecule has 0 amide bonds. The molecular formula is C8H8O4. The van der Waals surface area contributed by atoms with Crippen LogP contribution in [0.25, 0.3) is 0 Å². The van der Waals surface area contributed by atoms with E-state index in [1.807, 2.05) is 0 Å². The molecule has 4 nitrogen and oxygen atoms in total. The van der Waals surface area contributed by atoms with Crippen LogP contribution in [0.4, 0.5) is 0 Å². The summed E-state index contributed by atoms with van der Waals surface area (Å²) in [4.78, 5) is 21.7. The van der Waals surface area contributed by atoms with E-state index in [-0.39, 0.29) is 18.6 Å². The molecule has 1 saturated heterocycles. The van der Waals surface area contributed by atoms with E-state index in [1.165, 1.54) is 12.2 Å². The molecule has 2 atom stereocenters. The zero-order valence-electron chi connectivity index (χ0n) is 6.32. The number of ketones is 1. The molecule has 1 aliphatic heterocycles. The zero-order valence-corrected chi connectivity index (χ0v) is 6.32. The van der Waals surface area contributed by atoms with Crippen LogP contribution in [0.5, 0.6) is 0 Å². The van der Waals surface area contributed by atoms with Crippen LogP contribution in [0, 0.1) is 0 Å². The van der Waals surface area contributed by atoms with E-state index in [1.54, 1.807) is 0 Å². The summed E-state index contributed by atoms with van der Waals surface area (Å²) < 4.78 is 4.78. The monoisotopic (exact) mass is 168 g/mol. The van der Waals surface area contributed by atoms with Gasteiger partial charge in [0.2, 0.25) is 0 Å². The zero-order chi connectivity index (χ0) is 8.77. The molecule has 0 saturated carbocycles. The van der Waals surface area contributed by atoms with Gasteiger partial charge in [0.15, 0.2) is 5.78 Å². The number of esters is 1. The van der Waals surface area contributed by atoms with Crippen LogP contribution in [0.3, 0.4) is 0 Å². The number of allylic oxidation sites excluding steroid dienone is 1. The van der Waals surface area contributed by atoms with Crippen molar-refractivity contribution in [2.24, 2.45) is 0 Å². The standard InChI is InChI=1S/C8H8O4/c9-5-1-2-8(11)4-7(10)12-6(8)3-5/h1-2,6,11H,3-4H2/t6-,8-/m0/s1. The number of hydrogen-bond acceptors (Lipinski definition) is 4. The molecule has 0 radical (unpaired) electrons. The molecule has 2 aliphatic rings. The topological polar surface area (TPSA) is 63.6 Å². The third kappa shape index (κ3) is 0.956. The van der Waals surface area contributed by atoms with E-state index >= 15 is 0 Å². The van der Waals surface area contributed by atoms with Crippen LogP contribution < -0.4 is 0 Å². The molecule has 1 aliphatic carbocycles. The van der Waals surface area contributed by atoms with Gasteiger partial charge in [0.05, 0.1) is 12.8 Å². The van der Waals surface area contributed by atoms with Crippen LogP contribution >= 0.6 is 0 Å². The van der Waals surface area contributed by atoms with Crippen LogP contribution in [0.1, 0.15) is 12.8 Å². The summed E-state index contributed by atoms with van der Waals surface area (Å²) in [6.07, 6.45) is 2.05. The van der Waals surface area contributed by atoms with Crippen LogP contribution in [0.15, 0.2) is 12.2 Å². The highest BCUT2D eigenvalue weighted by molar-refractivity contribution is 5.93. The number of rotatable bonds is 0. The van der Waals surface area contributed by atoms with Gasteiger partial charge >= 0.3 is 5.97 Å². The van der Waals surface area contributed by atoms with Gasteiger partial charge in [-0.1, -0.05) is 0 Å². The lowest BCUT2D eigenvalue weighted by Crippen LogP contribution is -2.40. The maximum absolute atomic E-state index is 10.9. The number of aliphatic hydroxyl groups is 1. The minimum Gasteiger partial charge on any atom is -0.458 e. The van der Waals surface area contributed by atoms with E-state index in [2.05, 4.69) is 0 Å². The van der Waals surface area contributed by atoms with Gasteiger partial charge in [-0.05, 0) is 12.2 Å². The van der Waals surface area contributed by atoms with E-state index < -0.39 is 17.7 Å². The van der Waals surface area contributed by atoms with Crippen molar-refractivity contribution in [1.82, 2.24) is 0 Å². The van der Waals surface area contributed by atoms with Crippen molar-refractivity contribution < 1.29 is 19.4 Å². The molecule has 1 heterocycles. The first kappa shape index (κ1) is 7.49. The van der Waals surface area contributed by atoms with Gasteiger partial charge in [-0.15, -0.1) is 0 Å². The highest BCUT2D eigenvalue weighted by Gasteiger charge is 2.48. The van der Waals surface area contributed by atoms with Crippen molar-refractivity contribution in [3.05, 3.63) is 12.2 Å². The Bertz CT molecular complexity index is 281. The molecule has 1 N–H and O–H groups in total. The first-order chi connectivity index (χ1) is 5.60. The number of carbonyl (C=O) groups excluding carboxylic acids is 2. The van der Waals surface area contributed by atoms with E-state index in [0.717, 1.165) is 0 Å². The lowest BCUT2D eigenvalue weighted by atomic mass is 9.87. The lowest BCUT2D eigenvalue weighted by molar-refractivity contribution is -0.143. The Morgan fingerprint density at radius 2 is 2.33 bits per heavy atom. The Kier molecular flexibility index (Phi) is 1.35. The average Bonchev–Trinajstić information content (AvgIpc) is 2.24. The summed E-state index contributed by atoms with van der Waals surface area (Å²) >= 11 is 0. The van der Waals surface area contributed by atoms with Gasteiger partial charge in [-0.25, -0.2) is 0 Å². The van der Waals surface area contributed by atoms with Crippen LogP contribution in [-0.2, 0) is 14.3 Å². The Morgan fingerprint density at radius 1 is 1.58 bits per heavy atom. The van der Waals surface area contributed by atoms with Gasteiger partial charge in [0, 0.05) is 0 Å². The first-order valence-corrected chi connectivity index (χ1v) is 3.74. The molecule has 4 heteroatoms. The maximum atomic E-state index is 10.9. The molecular weight excluding hydrogens is 160 g/mol. The fraction of sp³-hybridized carbons (Fsp3) is 0.500. The van der Waals surface area contributed by atoms with Crippen molar-refractivity contribution in [1.29, 1.82) is 0 Å². The Balaban J connectivity index is 2.32. The van der Waals surface area contributed by atoms with Crippen molar-refractivity contribution >= 4 is 11.8 Å². The van der Waals surface area contributed by atoms with Gasteiger partial charge in [-0.2, -0.15) is 0 Å². The van der Waals surface area contributed by atoms with Crippen molar-refractivity contribution in [3.8, 4) is 0 Å². The maximum Gasteiger partial charge on any atom is 0.309 e. The van der Waals surface area contributed by atoms with Gasteiger partial charge in [0.1, 0.15) is 11.7 Å². The Labute approximate surface area is 68.8 Å². The largest absolute Gasteiger partial charge is 0.458 e. The van der Waals surface area contributed by atoms with Crippen molar-refractivity contribution in [3.63, 3.8) is 0 Å². The second-order valence-corrected chi connectivity index (χ2v) is 3.15. The Morgan fingerprint density at radius 3 is 3.08 bits per heavy atom. The SMILES string of the molecule is O=C1C=C[C@]2(O)CC(=O)O[C@H]2C1. The van der Waals surface area contributed by atoms with Gasteiger partial charge < -0.3 is 9.84 Å². The quantitative estimate of drug-likeness (QED) is 0.498. The third-order valence-corrected chi connectivity index (χ3v) is 2.20. The molecule has 0 aromatic heterocycles. The smallest absolute Gasteiger partial charge is 0.309 e. The summed E-state index contributed by atoms with van der Waals surface area (Å²) in [5.74, 6) is -0.554. The first-order valence-electron chi connectivity index (χ1n) is 3.74. The third-order valence-electron chi connectivity index (χ3n) is 2.20. The molecule has 64 valence electrons. The molecule has 12 heavy (non-hydrogen) atoms. The van der Waals surface area contributed by atoms with Gasteiger partial charge in [0.25, 0.3) is 0 Å². The average molecular weight is 168 g/mol. The highest BCUT2D eigenvalue weighted by atomic mass is 16.6. The molecule has 0 bridgehead atoms. The number of carbonyl (C=O) groups is 2. The number of ether oxygens (including phenoxy) is 1. The summed E-state index contributed by atoms with van der Waals surface area (Å²) in [7, 11) is 0. The van der Waals surface area contributed by atoms with E-state index in [4.69, 9.17) is 4.74 Å². The number of hydrogen-bond donors (Lipinski definition) is 1. The predicted octanol–water partition coefficient (Wildman–Crippen LogP) is -0.438. The molecule has 0 aromatic rings. The Hall–Kier alpha value is -1.16. The predicted molar refractivity (Wildman–Crippen MR) is 38.2 cm³/mol. The van der Waals surface area contributed by atoms with Crippen molar-refractivity contribution in [2.75, 3.05) is 0 Å².